The van der Waals surface area contributed by atoms with Gasteiger partial charge in [-0.15, -0.1) is 0 Å². The van der Waals surface area contributed by atoms with E-state index in [1.807, 2.05) is 21.1 Å². The van der Waals surface area contributed by atoms with Crippen LogP contribution in [0.1, 0.15) is 271 Å². The summed E-state index contributed by atoms with van der Waals surface area (Å²) in [6.45, 7) is 4.89. The number of likely N-dealkylation sites (N-methyl/N-ethyl adjacent to an activating group) is 1. The Morgan fingerprint density at radius 2 is 0.875 bits per heavy atom. The first-order chi connectivity index (χ1) is 31.0. The van der Waals surface area contributed by atoms with E-state index < -0.39 is 20.0 Å². The summed E-state index contributed by atoms with van der Waals surface area (Å²) < 4.78 is 23.8. The quantitative estimate of drug-likeness (QED) is 0.0243. The van der Waals surface area contributed by atoms with E-state index in [1.54, 1.807) is 0 Å². The molecule has 380 valence electrons. The van der Waals surface area contributed by atoms with Crippen molar-refractivity contribution in [1.82, 2.24) is 5.32 Å². The van der Waals surface area contributed by atoms with Gasteiger partial charge in [-0.3, -0.25) is 13.8 Å². The van der Waals surface area contributed by atoms with Crippen molar-refractivity contribution < 1.29 is 32.9 Å². The number of carbonyl (C=O) groups excluding carboxylic acids is 1. The van der Waals surface area contributed by atoms with Crippen LogP contribution in [0.5, 0.6) is 0 Å². The van der Waals surface area contributed by atoms with Crippen LogP contribution >= 0.6 is 7.82 Å². The number of carbonyl (C=O) groups is 1. The van der Waals surface area contributed by atoms with Gasteiger partial charge in [-0.1, -0.05) is 250 Å². The third kappa shape index (κ3) is 48.9. The molecular formula is C55H110N2O6P+. The number of allylic oxidation sites excluding steroid dienone is 4. The van der Waals surface area contributed by atoms with Crippen molar-refractivity contribution in [3.05, 3.63) is 24.3 Å². The number of phosphoric ester groups is 1. The Labute approximate surface area is 398 Å². The van der Waals surface area contributed by atoms with Crippen molar-refractivity contribution in [3.63, 3.8) is 0 Å². The molecule has 0 aliphatic rings. The lowest BCUT2D eigenvalue weighted by Gasteiger charge is -2.26. The zero-order valence-corrected chi connectivity index (χ0v) is 44.2. The van der Waals surface area contributed by atoms with Crippen LogP contribution in [0.15, 0.2) is 24.3 Å². The number of amides is 1. The standard InChI is InChI=1S/C55H109N2O6P/c1-6-8-10-12-14-16-18-20-22-24-26-27-28-29-31-32-34-36-38-40-42-44-46-48-54(58)53(52-63-64(60,61)62-51-50-57(3,4)5)56-55(59)49-47-45-43-41-39-37-35-33-30-25-23-21-19-17-15-13-11-9-7-2/h15,17,19,21,53-54,58H,6-14,16,18,20,22-52H2,1-5H3,(H-,56,59,60,61)/p+1/b17-15-,21-19-. The maximum atomic E-state index is 13.0. The molecule has 0 saturated carbocycles. The minimum absolute atomic E-state index is 0.0752. The second kappa shape index (κ2) is 47.1. The topological polar surface area (TPSA) is 105 Å². The van der Waals surface area contributed by atoms with Gasteiger partial charge in [0.05, 0.1) is 39.9 Å². The molecule has 0 spiro atoms. The van der Waals surface area contributed by atoms with Gasteiger partial charge < -0.3 is 19.8 Å². The van der Waals surface area contributed by atoms with Crippen molar-refractivity contribution in [1.29, 1.82) is 0 Å². The molecule has 0 radical (unpaired) electrons. The highest BCUT2D eigenvalue weighted by Gasteiger charge is 2.28. The van der Waals surface area contributed by atoms with Crippen LogP contribution in [0.25, 0.3) is 0 Å². The Hall–Kier alpha value is -1.02. The molecule has 3 unspecified atom stereocenters. The molecule has 0 aromatic heterocycles. The molecule has 8 nitrogen and oxygen atoms in total. The number of unbranched alkanes of at least 4 members (excludes halogenated alkanes) is 35. The highest BCUT2D eigenvalue weighted by atomic mass is 31.2. The van der Waals surface area contributed by atoms with Crippen molar-refractivity contribution in [2.24, 2.45) is 0 Å². The predicted octanol–water partition coefficient (Wildman–Crippen LogP) is 16.4. The summed E-state index contributed by atoms with van der Waals surface area (Å²) in [4.78, 5) is 23.3. The van der Waals surface area contributed by atoms with Gasteiger partial charge in [-0.05, 0) is 38.5 Å². The number of hydrogen-bond acceptors (Lipinski definition) is 5. The third-order valence-electron chi connectivity index (χ3n) is 12.7. The first-order valence-corrected chi connectivity index (χ1v) is 29.2. The Balaban J connectivity index is 4.19. The molecule has 1 amide bonds. The smallest absolute Gasteiger partial charge is 0.391 e. The maximum Gasteiger partial charge on any atom is 0.472 e. The lowest BCUT2D eigenvalue weighted by atomic mass is 10.0. The van der Waals surface area contributed by atoms with Crippen molar-refractivity contribution in [2.75, 3.05) is 40.9 Å². The summed E-state index contributed by atoms with van der Waals surface area (Å²) in [5.41, 5.74) is 0. The van der Waals surface area contributed by atoms with E-state index in [0.29, 0.717) is 23.9 Å². The average molecular weight is 926 g/mol. The number of phosphoric acid groups is 1. The fraction of sp³-hybridized carbons (Fsp3) is 0.909. The van der Waals surface area contributed by atoms with Crippen LogP contribution in [0.4, 0.5) is 0 Å². The molecule has 0 aliphatic carbocycles. The van der Waals surface area contributed by atoms with Crippen LogP contribution in [0.3, 0.4) is 0 Å². The molecule has 0 saturated heterocycles. The minimum atomic E-state index is -4.32. The molecule has 0 bridgehead atoms. The molecular weight excluding hydrogens is 816 g/mol. The molecule has 0 heterocycles. The van der Waals surface area contributed by atoms with Gasteiger partial charge in [0.15, 0.2) is 0 Å². The summed E-state index contributed by atoms with van der Waals surface area (Å²) in [7, 11) is 1.62. The van der Waals surface area contributed by atoms with Gasteiger partial charge in [-0.25, -0.2) is 4.57 Å². The summed E-state index contributed by atoms with van der Waals surface area (Å²) >= 11 is 0. The molecule has 0 aromatic carbocycles. The minimum Gasteiger partial charge on any atom is -0.391 e. The number of nitrogens with one attached hydrogen (secondary N) is 1. The van der Waals surface area contributed by atoms with E-state index in [2.05, 4.69) is 43.5 Å². The average Bonchev–Trinajstić information content (AvgIpc) is 3.25. The van der Waals surface area contributed by atoms with Crippen LogP contribution in [0.2, 0.25) is 0 Å². The number of aliphatic hydroxyl groups is 1. The third-order valence-corrected chi connectivity index (χ3v) is 13.7. The lowest BCUT2D eigenvalue weighted by molar-refractivity contribution is -0.870. The normalized spacial score (nSPS) is 14.2. The highest BCUT2D eigenvalue weighted by Crippen LogP contribution is 2.43. The molecule has 3 atom stereocenters. The van der Waals surface area contributed by atoms with Gasteiger partial charge in [0.2, 0.25) is 5.91 Å². The summed E-state index contributed by atoms with van der Waals surface area (Å²) in [6, 6.07) is -0.761. The van der Waals surface area contributed by atoms with Crippen LogP contribution in [-0.4, -0.2) is 73.4 Å². The second-order valence-corrected chi connectivity index (χ2v) is 21.8. The van der Waals surface area contributed by atoms with E-state index >= 15 is 0 Å². The highest BCUT2D eigenvalue weighted by molar-refractivity contribution is 7.47. The lowest BCUT2D eigenvalue weighted by Crippen LogP contribution is -2.46. The van der Waals surface area contributed by atoms with Crippen molar-refractivity contribution >= 4 is 13.7 Å². The predicted molar refractivity (Wildman–Crippen MR) is 277 cm³/mol. The van der Waals surface area contributed by atoms with Crippen molar-refractivity contribution in [2.45, 2.75) is 283 Å². The number of nitrogens with zero attached hydrogens (tertiary/aromatic N) is 1. The fourth-order valence-corrected chi connectivity index (χ4v) is 9.07. The molecule has 0 aromatic rings. The van der Waals surface area contributed by atoms with E-state index in [-0.39, 0.29) is 19.1 Å². The maximum absolute atomic E-state index is 13.0. The van der Waals surface area contributed by atoms with E-state index in [9.17, 15) is 19.4 Å². The first kappa shape index (κ1) is 63.0. The number of aliphatic hydroxyl groups excluding tert-OH is 1. The molecule has 0 fully saturated rings. The Morgan fingerprint density at radius 1 is 0.531 bits per heavy atom. The number of hydrogen-bond donors (Lipinski definition) is 3. The van der Waals surface area contributed by atoms with Gasteiger partial charge in [-0.2, -0.15) is 0 Å². The van der Waals surface area contributed by atoms with E-state index in [4.69, 9.17) is 9.05 Å². The van der Waals surface area contributed by atoms with Gasteiger partial charge in [0.1, 0.15) is 13.2 Å². The summed E-state index contributed by atoms with van der Waals surface area (Å²) in [5, 5.41) is 14.1. The zero-order chi connectivity index (χ0) is 47.1. The molecule has 3 N–H and O–H groups in total. The SMILES string of the molecule is CCCCC/C=C\C=C/CCCCCCCCCCCCC(=O)NC(COP(=O)(O)OCC[N+](C)(C)C)C(O)CCCCCCCCCCCCCCCCCCCCCCCCC. The first-order valence-electron chi connectivity index (χ1n) is 27.7. The van der Waals surface area contributed by atoms with Crippen LogP contribution < -0.4 is 5.32 Å². The van der Waals surface area contributed by atoms with Gasteiger partial charge in [0, 0.05) is 6.42 Å². The van der Waals surface area contributed by atoms with E-state index in [1.165, 1.54) is 205 Å². The fourth-order valence-electron chi connectivity index (χ4n) is 8.33. The number of quaternary nitrogens is 1. The summed E-state index contributed by atoms with van der Waals surface area (Å²) in [5.74, 6) is -0.145. The monoisotopic (exact) mass is 926 g/mol. The van der Waals surface area contributed by atoms with E-state index in [0.717, 1.165) is 38.5 Å². The summed E-state index contributed by atoms with van der Waals surface area (Å²) in [6.07, 6.45) is 57.9. The van der Waals surface area contributed by atoms with Crippen LogP contribution in [-0.2, 0) is 18.4 Å². The van der Waals surface area contributed by atoms with Crippen molar-refractivity contribution in [3.8, 4) is 0 Å². The Bertz CT molecular complexity index is 1090. The largest absolute Gasteiger partial charge is 0.472 e. The van der Waals surface area contributed by atoms with Gasteiger partial charge in [0.25, 0.3) is 0 Å². The molecule has 0 rings (SSSR count). The second-order valence-electron chi connectivity index (χ2n) is 20.3. The van der Waals surface area contributed by atoms with Gasteiger partial charge >= 0.3 is 7.82 Å². The molecule has 0 aliphatic heterocycles. The Morgan fingerprint density at radius 3 is 1.28 bits per heavy atom. The van der Waals surface area contributed by atoms with Crippen LogP contribution in [0, 0.1) is 0 Å². The Kier molecular flexibility index (Phi) is 46.3. The molecule has 64 heavy (non-hydrogen) atoms. The zero-order valence-electron chi connectivity index (χ0n) is 43.3. The molecule has 9 heteroatoms. The number of rotatable bonds is 51.